The van der Waals surface area contributed by atoms with Gasteiger partial charge in [0.2, 0.25) is 0 Å². The number of carbonyl (C=O) groups excluding carboxylic acids is 1. The summed E-state index contributed by atoms with van der Waals surface area (Å²) in [6.45, 7) is 0. The van der Waals surface area contributed by atoms with Crippen molar-refractivity contribution < 1.29 is 9.53 Å². The predicted octanol–water partition coefficient (Wildman–Crippen LogP) is 3.18. The molecular weight excluding hydrogens is 224 g/mol. The predicted molar refractivity (Wildman–Crippen MR) is 68.7 cm³/mol. The molecule has 2 heteroatoms. The zero-order valence-electron chi connectivity index (χ0n) is 11.1. The molecule has 0 radical (unpaired) electrons. The number of rotatable bonds is 3. The summed E-state index contributed by atoms with van der Waals surface area (Å²) in [5, 5.41) is 0. The Balaban J connectivity index is 1.64. The van der Waals surface area contributed by atoms with Crippen LogP contribution < -0.4 is 0 Å². The van der Waals surface area contributed by atoms with E-state index in [1.807, 2.05) is 0 Å². The lowest BCUT2D eigenvalue weighted by atomic mass is 9.59. The zero-order valence-corrected chi connectivity index (χ0v) is 11.1. The van der Waals surface area contributed by atoms with Gasteiger partial charge in [-0.15, -0.1) is 0 Å². The second-order valence-electron chi connectivity index (χ2n) is 6.88. The summed E-state index contributed by atoms with van der Waals surface area (Å²) >= 11 is 0. The Morgan fingerprint density at radius 3 is 3.06 bits per heavy atom. The number of hydrogen-bond acceptors (Lipinski definition) is 2. The highest BCUT2D eigenvalue weighted by Crippen LogP contribution is 2.73. The third kappa shape index (κ3) is 1.17. The van der Waals surface area contributed by atoms with Gasteiger partial charge >= 0.3 is 5.97 Å². The third-order valence-corrected chi connectivity index (χ3v) is 6.62. The average molecular weight is 246 g/mol. The Morgan fingerprint density at radius 2 is 2.22 bits per heavy atom. The van der Waals surface area contributed by atoms with E-state index in [-0.39, 0.29) is 5.97 Å². The van der Waals surface area contributed by atoms with Crippen LogP contribution in [0.4, 0.5) is 0 Å². The van der Waals surface area contributed by atoms with Crippen molar-refractivity contribution in [2.45, 2.75) is 38.5 Å². The number of fused-ring (bicyclic) bond motifs is 9. The van der Waals surface area contributed by atoms with Crippen molar-refractivity contribution in [2.24, 2.45) is 35.0 Å². The minimum Gasteiger partial charge on any atom is -0.469 e. The lowest BCUT2D eigenvalue weighted by Crippen LogP contribution is -2.40. The first kappa shape index (κ1) is 11.1. The van der Waals surface area contributed by atoms with Gasteiger partial charge in [-0.3, -0.25) is 4.79 Å². The second-order valence-corrected chi connectivity index (χ2v) is 6.88. The molecule has 2 nitrogen and oxygen atoms in total. The maximum absolute atomic E-state index is 11.5. The van der Waals surface area contributed by atoms with Gasteiger partial charge in [0.05, 0.1) is 7.11 Å². The Bertz CT molecular complexity index is 413. The molecule has 0 amide bonds. The van der Waals surface area contributed by atoms with E-state index in [9.17, 15) is 4.79 Å². The van der Waals surface area contributed by atoms with Crippen LogP contribution in [-0.2, 0) is 9.53 Å². The molecule has 0 aromatic carbocycles. The first-order valence-corrected chi connectivity index (χ1v) is 7.51. The van der Waals surface area contributed by atoms with E-state index >= 15 is 0 Å². The van der Waals surface area contributed by atoms with Gasteiger partial charge in [0.15, 0.2) is 0 Å². The summed E-state index contributed by atoms with van der Waals surface area (Å²) in [4.78, 5) is 11.5. The molecule has 0 saturated heterocycles. The van der Waals surface area contributed by atoms with Gasteiger partial charge in [0.1, 0.15) is 0 Å². The maximum atomic E-state index is 11.5. The molecule has 4 aliphatic carbocycles. The number of carbonyl (C=O) groups is 1. The van der Waals surface area contributed by atoms with Crippen molar-refractivity contribution >= 4 is 5.97 Å². The van der Waals surface area contributed by atoms with Gasteiger partial charge in [0.25, 0.3) is 0 Å². The van der Waals surface area contributed by atoms with E-state index in [4.69, 9.17) is 4.74 Å². The molecule has 4 aliphatic rings. The molecule has 4 bridgehead atoms. The van der Waals surface area contributed by atoms with Gasteiger partial charge in [-0.05, 0) is 67.1 Å². The Labute approximate surface area is 109 Å². The monoisotopic (exact) mass is 246 g/mol. The largest absolute Gasteiger partial charge is 0.469 e. The van der Waals surface area contributed by atoms with Crippen LogP contribution in [0.3, 0.4) is 0 Å². The molecule has 0 aromatic rings. The van der Waals surface area contributed by atoms with Gasteiger partial charge in [-0.1, -0.05) is 12.2 Å². The SMILES string of the molecule is COC(=O)CCC12C3C=CC(C3)C1C1CCC2C1. The third-order valence-electron chi connectivity index (χ3n) is 6.62. The number of ether oxygens (including phenoxy) is 1. The van der Waals surface area contributed by atoms with E-state index in [0.717, 1.165) is 36.0 Å². The van der Waals surface area contributed by atoms with E-state index in [0.29, 0.717) is 11.8 Å². The van der Waals surface area contributed by atoms with Crippen molar-refractivity contribution in [3.8, 4) is 0 Å². The summed E-state index contributed by atoms with van der Waals surface area (Å²) in [6.07, 6.45) is 12.3. The van der Waals surface area contributed by atoms with Crippen LogP contribution in [0.2, 0.25) is 0 Å². The lowest BCUT2D eigenvalue weighted by Gasteiger charge is -2.45. The minimum absolute atomic E-state index is 0.0161. The molecular formula is C16H22O2. The molecule has 3 saturated carbocycles. The summed E-state index contributed by atoms with van der Waals surface area (Å²) in [6, 6.07) is 0. The Morgan fingerprint density at radius 1 is 1.33 bits per heavy atom. The first-order chi connectivity index (χ1) is 8.75. The zero-order chi connectivity index (χ0) is 12.3. The molecule has 0 N–H and O–H groups in total. The van der Waals surface area contributed by atoms with Crippen molar-refractivity contribution in [1.82, 2.24) is 0 Å². The number of allylic oxidation sites excluding steroid dienone is 2. The summed E-state index contributed by atoms with van der Waals surface area (Å²) in [7, 11) is 1.51. The smallest absolute Gasteiger partial charge is 0.305 e. The normalized spacial score (nSPS) is 50.8. The number of methoxy groups -OCH3 is 1. The fourth-order valence-electron chi connectivity index (χ4n) is 6.21. The van der Waals surface area contributed by atoms with Gasteiger partial charge in [-0.25, -0.2) is 0 Å². The van der Waals surface area contributed by atoms with Crippen LogP contribution in [-0.4, -0.2) is 13.1 Å². The topological polar surface area (TPSA) is 26.3 Å². The molecule has 0 heterocycles. The Kier molecular flexibility index (Phi) is 2.22. The fraction of sp³-hybridized carbons (Fsp3) is 0.812. The van der Waals surface area contributed by atoms with Crippen LogP contribution in [0.25, 0.3) is 0 Å². The molecule has 3 fully saturated rings. The van der Waals surface area contributed by atoms with Crippen molar-refractivity contribution in [3.05, 3.63) is 12.2 Å². The highest BCUT2D eigenvalue weighted by Gasteiger charge is 2.66. The molecule has 0 spiro atoms. The van der Waals surface area contributed by atoms with Gasteiger partial charge in [-0.2, -0.15) is 0 Å². The van der Waals surface area contributed by atoms with Crippen LogP contribution in [0, 0.1) is 35.0 Å². The van der Waals surface area contributed by atoms with Crippen LogP contribution >= 0.6 is 0 Å². The van der Waals surface area contributed by atoms with E-state index in [2.05, 4.69) is 12.2 Å². The highest BCUT2D eigenvalue weighted by molar-refractivity contribution is 5.69. The van der Waals surface area contributed by atoms with Crippen molar-refractivity contribution in [3.63, 3.8) is 0 Å². The van der Waals surface area contributed by atoms with Crippen LogP contribution in [0.5, 0.6) is 0 Å². The van der Waals surface area contributed by atoms with Crippen LogP contribution in [0.1, 0.15) is 38.5 Å². The average Bonchev–Trinajstić information content (AvgIpc) is 3.12. The second kappa shape index (κ2) is 3.61. The summed E-state index contributed by atoms with van der Waals surface area (Å²) in [5.41, 5.74) is 0.483. The molecule has 0 aromatic heterocycles. The van der Waals surface area contributed by atoms with Crippen LogP contribution in [0.15, 0.2) is 12.2 Å². The number of esters is 1. The fourth-order valence-corrected chi connectivity index (χ4v) is 6.21. The first-order valence-electron chi connectivity index (χ1n) is 7.51. The maximum Gasteiger partial charge on any atom is 0.305 e. The van der Waals surface area contributed by atoms with E-state index in [1.54, 1.807) is 0 Å². The van der Waals surface area contributed by atoms with E-state index < -0.39 is 0 Å². The molecule has 6 atom stereocenters. The standard InChI is InChI=1S/C16H22O2/c1-18-14(17)6-7-16-12-4-2-10(8-12)15(16)11-3-5-13(16)9-11/h2,4,10-13,15H,3,5-9H2,1H3. The molecule has 4 rings (SSSR count). The molecule has 18 heavy (non-hydrogen) atoms. The minimum atomic E-state index is -0.0161. The quantitative estimate of drug-likeness (QED) is 0.434. The van der Waals surface area contributed by atoms with Gasteiger partial charge < -0.3 is 4.74 Å². The van der Waals surface area contributed by atoms with E-state index in [1.165, 1.54) is 32.8 Å². The summed E-state index contributed by atoms with van der Waals surface area (Å²) < 4.78 is 4.86. The molecule has 6 unspecified atom stereocenters. The highest BCUT2D eigenvalue weighted by atomic mass is 16.5. The van der Waals surface area contributed by atoms with Crippen molar-refractivity contribution in [2.75, 3.05) is 7.11 Å². The molecule has 0 aliphatic heterocycles. The lowest BCUT2D eigenvalue weighted by molar-refractivity contribution is -0.142. The molecule has 98 valence electrons. The summed E-state index contributed by atoms with van der Waals surface area (Å²) in [5.74, 6) is 4.36. The van der Waals surface area contributed by atoms with Crippen molar-refractivity contribution in [1.29, 1.82) is 0 Å². The number of hydrogen-bond donors (Lipinski definition) is 0. The van der Waals surface area contributed by atoms with Gasteiger partial charge in [0, 0.05) is 6.42 Å². The Hall–Kier alpha value is -0.790.